The molecule has 2 N–H and O–H groups in total. The Kier molecular flexibility index (Phi) is 7.39. The molecule has 7 nitrogen and oxygen atoms in total. The van der Waals surface area contributed by atoms with Crippen LogP contribution in [0.2, 0.25) is 0 Å². The van der Waals surface area contributed by atoms with Gasteiger partial charge in [0.05, 0.1) is 6.61 Å². The zero-order chi connectivity index (χ0) is 16.1. The van der Waals surface area contributed by atoms with Crippen molar-refractivity contribution in [2.45, 2.75) is 6.10 Å². The Morgan fingerprint density at radius 2 is 1.79 bits per heavy atom. The molecule has 1 aromatic carbocycles. The van der Waals surface area contributed by atoms with Gasteiger partial charge in [0.25, 0.3) is 0 Å². The largest absolute Gasteiger partial charge is 1.00 e. The van der Waals surface area contributed by atoms with Gasteiger partial charge < -0.3 is 36.8 Å². The number of aliphatic hydroxyl groups excluding tert-OH is 2. The number of rotatable bonds is 7. The number of hydrogen-bond donors (Lipinski definition) is 2. The fraction of sp³-hybridized carbons (Fsp3) is 0.625. The van der Waals surface area contributed by atoms with Crippen molar-refractivity contribution in [2.75, 3.05) is 59.3 Å². The minimum absolute atomic E-state index is 0. The summed E-state index contributed by atoms with van der Waals surface area (Å²) < 4.78 is 16.2. The molecule has 1 atom stereocenters. The minimum Gasteiger partial charge on any atom is -1.00 e. The van der Waals surface area contributed by atoms with Crippen molar-refractivity contribution in [3.63, 3.8) is 0 Å². The summed E-state index contributed by atoms with van der Waals surface area (Å²) in [5, 5.41) is 19.1. The van der Waals surface area contributed by atoms with Gasteiger partial charge in [0, 0.05) is 45.3 Å². The predicted molar refractivity (Wildman–Crippen MR) is 84.0 cm³/mol. The number of ether oxygens (including phenoxy) is 3. The van der Waals surface area contributed by atoms with Crippen LogP contribution in [0.1, 0.15) is 0 Å². The third-order valence-electron chi connectivity index (χ3n) is 4.14. The van der Waals surface area contributed by atoms with E-state index in [2.05, 4.69) is 9.80 Å². The van der Waals surface area contributed by atoms with Crippen molar-refractivity contribution in [3.8, 4) is 17.2 Å². The molecule has 0 spiro atoms. The molecular weight excluding hydrogens is 336 g/mol. The van der Waals surface area contributed by atoms with Gasteiger partial charge >= 0.3 is 0 Å². The molecule has 2 heterocycles. The second-order valence-corrected chi connectivity index (χ2v) is 5.85. The SMILES string of the molecule is OCCN1CCN(CC(O)COc2ccc3c(c2)OCO3)CC1.[Cl-]. The Hall–Kier alpha value is -1.25. The lowest BCUT2D eigenvalue weighted by atomic mass is 10.2. The molecule has 0 saturated carbocycles. The zero-order valence-corrected chi connectivity index (χ0v) is 14.3. The molecular formula is C16H24ClN2O5-. The molecule has 1 fully saturated rings. The van der Waals surface area contributed by atoms with Crippen molar-refractivity contribution in [1.29, 1.82) is 0 Å². The summed E-state index contributed by atoms with van der Waals surface area (Å²) in [5.41, 5.74) is 0. The van der Waals surface area contributed by atoms with E-state index in [4.69, 9.17) is 19.3 Å². The van der Waals surface area contributed by atoms with E-state index in [1.807, 2.05) is 12.1 Å². The van der Waals surface area contributed by atoms with E-state index < -0.39 is 6.10 Å². The first-order valence-corrected chi connectivity index (χ1v) is 8.00. The van der Waals surface area contributed by atoms with Crippen LogP contribution < -0.4 is 26.6 Å². The summed E-state index contributed by atoms with van der Waals surface area (Å²) >= 11 is 0. The summed E-state index contributed by atoms with van der Waals surface area (Å²) in [4.78, 5) is 4.45. The number of hydrogen-bond acceptors (Lipinski definition) is 7. The van der Waals surface area contributed by atoms with Crippen LogP contribution in [0.25, 0.3) is 0 Å². The van der Waals surface area contributed by atoms with Crippen molar-refractivity contribution >= 4 is 0 Å². The van der Waals surface area contributed by atoms with Crippen molar-refractivity contribution in [2.24, 2.45) is 0 Å². The minimum atomic E-state index is -0.537. The molecule has 0 amide bonds. The molecule has 0 radical (unpaired) electrons. The quantitative estimate of drug-likeness (QED) is 0.530. The van der Waals surface area contributed by atoms with Gasteiger partial charge in [-0.2, -0.15) is 0 Å². The first-order valence-electron chi connectivity index (χ1n) is 8.00. The van der Waals surface area contributed by atoms with Crippen LogP contribution in [-0.2, 0) is 0 Å². The maximum atomic E-state index is 10.1. The third kappa shape index (κ3) is 5.12. The van der Waals surface area contributed by atoms with Gasteiger partial charge in [0.2, 0.25) is 6.79 Å². The number of aliphatic hydroxyl groups is 2. The van der Waals surface area contributed by atoms with Gasteiger partial charge in [-0.3, -0.25) is 9.80 Å². The summed E-state index contributed by atoms with van der Waals surface area (Å²) in [7, 11) is 0. The first-order chi connectivity index (χ1) is 11.2. The van der Waals surface area contributed by atoms with E-state index in [9.17, 15) is 5.11 Å². The molecule has 2 aliphatic rings. The summed E-state index contributed by atoms with van der Waals surface area (Å²) in [6.07, 6.45) is -0.537. The van der Waals surface area contributed by atoms with Gasteiger partial charge in [-0.15, -0.1) is 0 Å². The molecule has 3 rings (SSSR count). The number of nitrogens with zero attached hydrogens (tertiary/aromatic N) is 2. The highest BCUT2D eigenvalue weighted by atomic mass is 35.5. The lowest BCUT2D eigenvalue weighted by molar-refractivity contribution is -0.00000955. The molecule has 136 valence electrons. The lowest BCUT2D eigenvalue weighted by Gasteiger charge is -2.35. The highest BCUT2D eigenvalue weighted by Gasteiger charge is 2.19. The van der Waals surface area contributed by atoms with Crippen molar-refractivity contribution in [1.82, 2.24) is 9.80 Å². The molecule has 2 aliphatic heterocycles. The van der Waals surface area contributed by atoms with E-state index in [0.717, 1.165) is 38.5 Å². The Morgan fingerprint density at radius 3 is 2.54 bits per heavy atom. The van der Waals surface area contributed by atoms with Gasteiger partial charge in [0.15, 0.2) is 11.5 Å². The Balaban J connectivity index is 0.00000208. The molecule has 0 aliphatic carbocycles. The number of benzene rings is 1. The van der Waals surface area contributed by atoms with Crippen LogP contribution in [0.15, 0.2) is 18.2 Å². The standard InChI is InChI=1S/C16H24N2O5.ClH/c19-8-7-17-3-5-18(6-4-17)10-13(20)11-21-14-1-2-15-16(9-14)23-12-22-15;/h1-2,9,13,19-20H,3-8,10-12H2;1H/p-1. The molecule has 1 unspecified atom stereocenters. The van der Waals surface area contributed by atoms with Crippen LogP contribution in [0.5, 0.6) is 17.2 Å². The molecule has 8 heteroatoms. The maximum absolute atomic E-state index is 10.1. The molecule has 1 saturated heterocycles. The maximum Gasteiger partial charge on any atom is 0.231 e. The fourth-order valence-corrected chi connectivity index (χ4v) is 2.85. The normalized spacial score (nSPS) is 18.9. The van der Waals surface area contributed by atoms with Crippen LogP contribution in [0, 0.1) is 0 Å². The number of halogens is 1. The smallest absolute Gasteiger partial charge is 0.231 e. The summed E-state index contributed by atoms with van der Waals surface area (Å²) in [6.45, 7) is 5.67. The Bertz CT molecular complexity index is 511. The fourth-order valence-electron chi connectivity index (χ4n) is 2.85. The average Bonchev–Trinajstić information content (AvgIpc) is 3.03. The topological polar surface area (TPSA) is 74.6 Å². The highest BCUT2D eigenvalue weighted by molar-refractivity contribution is 5.46. The number of fused-ring (bicyclic) bond motifs is 1. The first kappa shape index (κ1) is 19.1. The van der Waals surface area contributed by atoms with Crippen LogP contribution >= 0.6 is 0 Å². The van der Waals surface area contributed by atoms with E-state index in [0.29, 0.717) is 18.0 Å². The van der Waals surface area contributed by atoms with Crippen molar-refractivity contribution < 1.29 is 36.8 Å². The number of piperazine rings is 1. The van der Waals surface area contributed by atoms with Gasteiger partial charge in [-0.05, 0) is 12.1 Å². The summed E-state index contributed by atoms with van der Waals surface area (Å²) in [5.74, 6) is 2.07. The van der Waals surface area contributed by atoms with Gasteiger partial charge in [-0.1, -0.05) is 0 Å². The highest BCUT2D eigenvalue weighted by Crippen LogP contribution is 2.35. The predicted octanol–water partition coefficient (Wildman–Crippen LogP) is -3.23. The summed E-state index contributed by atoms with van der Waals surface area (Å²) in [6, 6.07) is 5.40. The van der Waals surface area contributed by atoms with Gasteiger partial charge in [0.1, 0.15) is 18.5 Å². The second-order valence-electron chi connectivity index (χ2n) is 5.85. The van der Waals surface area contributed by atoms with E-state index >= 15 is 0 Å². The molecule has 0 aromatic heterocycles. The van der Waals surface area contributed by atoms with Crippen LogP contribution in [0.4, 0.5) is 0 Å². The Morgan fingerprint density at radius 1 is 1.08 bits per heavy atom. The van der Waals surface area contributed by atoms with Crippen LogP contribution in [0.3, 0.4) is 0 Å². The lowest BCUT2D eigenvalue weighted by Crippen LogP contribution is -3.00. The van der Waals surface area contributed by atoms with E-state index in [1.165, 1.54) is 0 Å². The Labute approximate surface area is 148 Å². The molecule has 0 bridgehead atoms. The van der Waals surface area contributed by atoms with Crippen molar-refractivity contribution in [3.05, 3.63) is 18.2 Å². The zero-order valence-electron chi connectivity index (χ0n) is 13.6. The van der Waals surface area contributed by atoms with Crippen LogP contribution in [-0.4, -0.2) is 85.4 Å². The van der Waals surface area contributed by atoms with E-state index in [-0.39, 0.29) is 32.4 Å². The second kappa shape index (κ2) is 9.29. The molecule has 24 heavy (non-hydrogen) atoms. The third-order valence-corrected chi connectivity index (χ3v) is 4.14. The van der Waals surface area contributed by atoms with Gasteiger partial charge in [-0.25, -0.2) is 0 Å². The average molecular weight is 360 g/mol. The monoisotopic (exact) mass is 359 g/mol. The van der Waals surface area contributed by atoms with E-state index in [1.54, 1.807) is 6.07 Å². The molecule has 1 aromatic rings. The number of β-amino-alcohol motifs (C(OH)–C–C–N with tert-alkyl or cyclic N) is 2.